The lowest BCUT2D eigenvalue weighted by molar-refractivity contribution is -0.122. The number of hydrogen-bond acceptors (Lipinski definition) is 4. The van der Waals surface area contributed by atoms with Crippen LogP contribution in [-0.4, -0.2) is 18.4 Å². The number of ketones is 1. The van der Waals surface area contributed by atoms with E-state index in [1.165, 1.54) is 12.1 Å². The smallest absolute Gasteiger partial charge is 0.162 e. The molecule has 0 saturated heterocycles. The van der Waals surface area contributed by atoms with E-state index >= 15 is 0 Å². The van der Waals surface area contributed by atoms with E-state index in [9.17, 15) is 9.18 Å². The van der Waals surface area contributed by atoms with Crippen LogP contribution in [0.25, 0.3) is 11.1 Å². The fourth-order valence-corrected chi connectivity index (χ4v) is 3.90. The van der Waals surface area contributed by atoms with Gasteiger partial charge in [-0.05, 0) is 68.3 Å². The Labute approximate surface area is 182 Å². The molecule has 0 saturated carbocycles. The van der Waals surface area contributed by atoms with Crippen LogP contribution in [0, 0.1) is 12.7 Å². The van der Waals surface area contributed by atoms with Gasteiger partial charge >= 0.3 is 0 Å². The molecule has 0 fully saturated rings. The van der Waals surface area contributed by atoms with Gasteiger partial charge in [-0.1, -0.05) is 23.8 Å². The summed E-state index contributed by atoms with van der Waals surface area (Å²) in [5.74, 6) is 1.04. The van der Waals surface area contributed by atoms with Gasteiger partial charge in [-0.2, -0.15) is 0 Å². The normalized spacial score (nSPS) is 14.5. The minimum Gasteiger partial charge on any atom is -0.496 e. The maximum absolute atomic E-state index is 14.1. The van der Waals surface area contributed by atoms with Crippen LogP contribution in [0.1, 0.15) is 30.5 Å². The van der Waals surface area contributed by atoms with Crippen molar-refractivity contribution in [1.82, 2.24) is 0 Å². The van der Waals surface area contributed by atoms with Gasteiger partial charge in [0, 0.05) is 23.2 Å². The number of aryl methyl sites for hydroxylation is 1. The summed E-state index contributed by atoms with van der Waals surface area (Å²) in [4.78, 5) is 12.8. The minimum absolute atomic E-state index is 0.0972. The Morgan fingerprint density at radius 1 is 1.03 bits per heavy atom. The van der Waals surface area contributed by atoms with E-state index in [0.717, 1.165) is 33.7 Å². The van der Waals surface area contributed by atoms with Gasteiger partial charge in [0.15, 0.2) is 5.78 Å². The maximum Gasteiger partial charge on any atom is 0.162 e. The Morgan fingerprint density at radius 2 is 1.77 bits per heavy atom. The third-order valence-corrected chi connectivity index (χ3v) is 5.77. The molecule has 160 valence electrons. The number of anilines is 1. The van der Waals surface area contributed by atoms with E-state index in [1.54, 1.807) is 13.2 Å². The molecule has 4 rings (SSSR count). The van der Waals surface area contributed by atoms with Gasteiger partial charge in [0.25, 0.3) is 0 Å². The third-order valence-electron chi connectivity index (χ3n) is 5.77. The van der Waals surface area contributed by atoms with Crippen molar-refractivity contribution in [3.63, 3.8) is 0 Å². The fourth-order valence-electron chi connectivity index (χ4n) is 3.90. The molecule has 0 bridgehead atoms. The Balaban J connectivity index is 1.83. The Hall–Kier alpha value is -3.34. The van der Waals surface area contributed by atoms with E-state index in [2.05, 4.69) is 5.32 Å². The van der Waals surface area contributed by atoms with E-state index in [1.807, 2.05) is 57.2 Å². The summed E-state index contributed by atoms with van der Waals surface area (Å²) in [6.45, 7) is 6.02. The zero-order valence-electron chi connectivity index (χ0n) is 18.2. The zero-order valence-corrected chi connectivity index (χ0v) is 18.2. The number of benzene rings is 3. The monoisotopic (exact) mass is 419 g/mol. The summed E-state index contributed by atoms with van der Waals surface area (Å²) < 4.78 is 25.7. The topological polar surface area (TPSA) is 47.6 Å². The number of nitrogens with one attached hydrogen (secondary N) is 1. The molecule has 0 unspecified atom stereocenters. The number of fused-ring (bicyclic) bond motifs is 1. The molecule has 0 spiro atoms. The molecule has 5 heteroatoms. The second kappa shape index (κ2) is 8.06. The molecule has 1 aliphatic rings. The summed E-state index contributed by atoms with van der Waals surface area (Å²) in [6.07, 6.45) is 0.285. The van der Waals surface area contributed by atoms with Crippen LogP contribution >= 0.6 is 0 Å². The average Bonchev–Trinajstić information content (AvgIpc) is 2.74. The highest BCUT2D eigenvalue weighted by Crippen LogP contribution is 2.40. The first-order valence-electron chi connectivity index (χ1n) is 10.3. The number of halogens is 1. The second-order valence-corrected chi connectivity index (χ2v) is 8.41. The second-order valence-electron chi connectivity index (χ2n) is 8.41. The molecular formula is C26H26FNO3. The minimum atomic E-state index is -0.639. The molecule has 0 radical (unpaired) electrons. The number of rotatable bonds is 5. The van der Waals surface area contributed by atoms with Crippen LogP contribution in [0.2, 0.25) is 0 Å². The van der Waals surface area contributed by atoms with E-state index < -0.39 is 5.54 Å². The lowest BCUT2D eigenvalue weighted by Gasteiger charge is -2.34. The van der Waals surface area contributed by atoms with Crippen molar-refractivity contribution in [2.45, 2.75) is 39.3 Å². The fraction of sp³-hybridized carbons (Fsp3) is 0.269. The van der Waals surface area contributed by atoms with Gasteiger partial charge in [-0.25, -0.2) is 4.39 Å². The van der Waals surface area contributed by atoms with E-state index in [4.69, 9.17) is 9.47 Å². The number of methoxy groups -OCH3 is 1. The average molecular weight is 419 g/mol. The highest BCUT2D eigenvalue weighted by atomic mass is 19.1. The largest absolute Gasteiger partial charge is 0.496 e. The van der Waals surface area contributed by atoms with Crippen molar-refractivity contribution in [3.8, 4) is 22.6 Å². The SMILES string of the molecule is COc1ccc(F)cc1-c1ccc2c(c1COc1ccc(C)cc1)CC(=O)C(C)(C)N2. The van der Waals surface area contributed by atoms with E-state index in [0.29, 0.717) is 11.3 Å². The van der Waals surface area contributed by atoms with Crippen LogP contribution in [-0.2, 0) is 17.8 Å². The molecule has 3 aromatic carbocycles. The van der Waals surface area contributed by atoms with Crippen molar-refractivity contribution >= 4 is 11.5 Å². The number of carbonyl (C=O) groups excluding carboxylic acids is 1. The first kappa shape index (κ1) is 20.9. The van der Waals surface area contributed by atoms with Gasteiger partial charge in [0.05, 0.1) is 12.6 Å². The van der Waals surface area contributed by atoms with Gasteiger partial charge in [-0.3, -0.25) is 4.79 Å². The van der Waals surface area contributed by atoms with Crippen LogP contribution in [0.4, 0.5) is 10.1 Å². The third kappa shape index (κ3) is 4.13. The van der Waals surface area contributed by atoms with Crippen molar-refractivity contribution in [1.29, 1.82) is 0 Å². The molecule has 0 atom stereocenters. The number of carbonyl (C=O) groups is 1. The van der Waals surface area contributed by atoms with Crippen molar-refractivity contribution in [3.05, 3.63) is 77.1 Å². The molecule has 31 heavy (non-hydrogen) atoms. The molecule has 0 amide bonds. The number of Topliss-reactive ketones (excluding diaryl/α,β-unsaturated/α-hetero) is 1. The van der Waals surface area contributed by atoms with Crippen molar-refractivity contribution in [2.75, 3.05) is 12.4 Å². The van der Waals surface area contributed by atoms with Gasteiger partial charge < -0.3 is 14.8 Å². The summed E-state index contributed by atoms with van der Waals surface area (Å²) in [5.41, 5.74) is 4.54. The van der Waals surface area contributed by atoms with Crippen LogP contribution in [0.5, 0.6) is 11.5 Å². The summed E-state index contributed by atoms with van der Waals surface area (Å²) in [5, 5.41) is 3.34. The standard InChI is InChI=1S/C26H26FNO3/c1-16-5-8-18(9-6-16)31-15-22-19(21-13-17(27)7-12-24(21)30-4)10-11-23-20(22)14-25(29)26(2,3)28-23/h5-13,28H,14-15H2,1-4H3. The predicted octanol–water partition coefficient (Wildman–Crippen LogP) is 5.70. The quantitative estimate of drug-likeness (QED) is 0.576. The molecule has 1 aliphatic heterocycles. The number of hydrogen-bond donors (Lipinski definition) is 1. The van der Waals surface area contributed by atoms with Crippen LogP contribution in [0.3, 0.4) is 0 Å². The molecule has 0 aliphatic carbocycles. The van der Waals surface area contributed by atoms with Crippen molar-refractivity contribution in [2.24, 2.45) is 0 Å². The molecular weight excluding hydrogens is 393 g/mol. The van der Waals surface area contributed by atoms with Crippen molar-refractivity contribution < 1.29 is 18.7 Å². The molecule has 1 heterocycles. The summed E-state index contributed by atoms with van der Waals surface area (Å²) in [6, 6.07) is 16.1. The van der Waals surface area contributed by atoms with Gasteiger partial charge in [0.2, 0.25) is 0 Å². The van der Waals surface area contributed by atoms with E-state index in [-0.39, 0.29) is 24.6 Å². The van der Waals surface area contributed by atoms with Crippen LogP contribution in [0.15, 0.2) is 54.6 Å². The first-order valence-corrected chi connectivity index (χ1v) is 10.3. The zero-order chi connectivity index (χ0) is 22.2. The molecule has 0 aromatic heterocycles. The number of ether oxygens (including phenoxy) is 2. The molecule has 3 aromatic rings. The predicted molar refractivity (Wildman–Crippen MR) is 120 cm³/mol. The Morgan fingerprint density at radius 3 is 2.48 bits per heavy atom. The summed E-state index contributed by atoms with van der Waals surface area (Å²) in [7, 11) is 1.56. The molecule has 4 nitrogen and oxygen atoms in total. The lowest BCUT2D eigenvalue weighted by Crippen LogP contribution is -2.45. The Bertz CT molecular complexity index is 1140. The van der Waals surface area contributed by atoms with Gasteiger partial charge in [0.1, 0.15) is 23.9 Å². The van der Waals surface area contributed by atoms with Crippen LogP contribution < -0.4 is 14.8 Å². The maximum atomic E-state index is 14.1. The van der Waals surface area contributed by atoms with Gasteiger partial charge in [-0.15, -0.1) is 0 Å². The summed E-state index contributed by atoms with van der Waals surface area (Å²) >= 11 is 0. The highest BCUT2D eigenvalue weighted by molar-refractivity contribution is 5.97. The molecule has 1 N–H and O–H groups in total. The highest BCUT2D eigenvalue weighted by Gasteiger charge is 2.34. The lowest BCUT2D eigenvalue weighted by atomic mass is 9.83. The first-order chi connectivity index (χ1) is 14.8. The Kier molecular flexibility index (Phi) is 5.44.